The van der Waals surface area contributed by atoms with Crippen molar-refractivity contribution < 1.29 is 13.9 Å². The molecule has 0 aromatic rings. The Kier molecular flexibility index (Phi) is 4.13. The monoisotopic (exact) mass is 204 g/mol. The lowest BCUT2D eigenvalue weighted by molar-refractivity contribution is 0.163. The summed E-state index contributed by atoms with van der Waals surface area (Å²) in [7, 11) is 3.19. The van der Waals surface area contributed by atoms with E-state index in [9.17, 15) is 9.18 Å². The number of nitrogens with zero attached hydrogens (tertiary/aromatic N) is 1. The van der Waals surface area contributed by atoms with E-state index in [0.29, 0.717) is 13.0 Å². The van der Waals surface area contributed by atoms with Gasteiger partial charge in [0.25, 0.3) is 0 Å². The molecule has 1 aliphatic rings. The third-order valence-corrected chi connectivity index (χ3v) is 2.42. The van der Waals surface area contributed by atoms with E-state index < -0.39 is 12.3 Å². The molecule has 0 saturated carbocycles. The summed E-state index contributed by atoms with van der Waals surface area (Å²) < 4.78 is 17.7. The molecule has 14 heavy (non-hydrogen) atoms. The summed E-state index contributed by atoms with van der Waals surface area (Å²) in [5.74, 6) is 0. The van der Waals surface area contributed by atoms with Gasteiger partial charge in [0.05, 0.1) is 7.11 Å². The Hall–Kier alpha value is -0.840. The van der Waals surface area contributed by atoms with Crippen LogP contribution in [0.2, 0.25) is 0 Å². The normalized spacial score (nSPS) is 29.4. The molecular weight excluding hydrogens is 187 g/mol. The molecule has 1 amide bonds. The molecule has 1 heterocycles. The lowest BCUT2D eigenvalue weighted by Gasteiger charge is -2.15. The van der Waals surface area contributed by atoms with Crippen molar-refractivity contribution in [1.29, 1.82) is 0 Å². The molecule has 1 rings (SSSR count). The van der Waals surface area contributed by atoms with Crippen LogP contribution in [-0.4, -0.2) is 50.5 Å². The minimum absolute atomic E-state index is 0.109. The fourth-order valence-corrected chi connectivity index (χ4v) is 1.66. The second-order valence-electron chi connectivity index (χ2n) is 3.72. The number of ether oxygens (including phenoxy) is 1. The molecule has 2 atom stereocenters. The molecule has 0 spiro atoms. The average molecular weight is 204 g/mol. The molecule has 0 aliphatic carbocycles. The highest BCUT2D eigenvalue weighted by atomic mass is 19.1. The van der Waals surface area contributed by atoms with Crippen LogP contribution in [-0.2, 0) is 4.74 Å². The van der Waals surface area contributed by atoms with Crippen molar-refractivity contribution in [3.05, 3.63) is 0 Å². The van der Waals surface area contributed by atoms with Crippen molar-refractivity contribution in [2.24, 2.45) is 0 Å². The Bertz CT molecular complexity index is 201. The van der Waals surface area contributed by atoms with Crippen molar-refractivity contribution in [1.82, 2.24) is 10.2 Å². The Morgan fingerprint density at radius 1 is 1.64 bits per heavy atom. The fourth-order valence-electron chi connectivity index (χ4n) is 1.66. The van der Waals surface area contributed by atoms with Gasteiger partial charge in [-0.15, -0.1) is 0 Å². The molecule has 1 N–H and O–H groups in total. The zero-order valence-corrected chi connectivity index (χ0v) is 8.62. The number of carbonyl (C=O) groups excluding carboxylic acids is 1. The second-order valence-corrected chi connectivity index (χ2v) is 3.72. The quantitative estimate of drug-likeness (QED) is 0.686. The minimum Gasteiger partial charge on any atom is -0.453 e. The molecule has 0 aromatic heterocycles. The molecule has 0 aromatic carbocycles. The lowest BCUT2D eigenvalue weighted by Crippen LogP contribution is -2.36. The Labute approximate surface area is 83.4 Å². The summed E-state index contributed by atoms with van der Waals surface area (Å²) in [5, 5.41) is 2.63. The fraction of sp³-hybridized carbons (Fsp3) is 0.889. The van der Waals surface area contributed by atoms with E-state index in [4.69, 9.17) is 0 Å². The van der Waals surface area contributed by atoms with E-state index in [-0.39, 0.29) is 6.04 Å². The highest BCUT2D eigenvalue weighted by molar-refractivity contribution is 5.67. The van der Waals surface area contributed by atoms with Gasteiger partial charge in [0, 0.05) is 19.0 Å². The van der Waals surface area contributed by atoms with Crippen molar-refractivity contribution >= 4 is 6.09 Å². The van der Waals surface area contributed by atoms with E-state index in [2.05, 4.69) is 10.1 Å². The molecule has 4 nitrogen and oxygen atoms in total. The second kappa shape index (κ2) is 5.14. The Morgan fingerprint density at radius 2 is 2.36 bits per heavy atom. The summed E-state index contributed by atoms with van der Waals surface area (Å²) in [4.78, 5) is 12.8. The van der Waals surface area contributed by atoms with Gasteiger partial charge in [-0.3, -0.25) is 0 Å². The summed E-state index contributed by atoms with van der Waals surface area (Å²) in [6.07, 6.45) is -0.206. The van der Waals surface area contributed by atoms with E-state index in [1.54, 1.807) is 0 Å². The van der Waals surface area contributed by atoms with Crippen LogP contribution in [0.3, 0.4) is 0 Å². The van der Waals surface area contributed by atoms with Gasteiger partial charge < -0.3 is 15.0 Å². The number of methoxy groups -OCH3 is 1. The molecule has 2 unspecified atom stereocenters. The van der Waals surface area contributed by atoms with Crippen LogP contribution in [0.15, 0.2) is 0 Å². The van der Waals surface area contributed by atoms with Gasteiger partial charge in [0.1, 0.15) is 6.17 Å². The number of hydrogen-bond acceptors (Lipinski definition) is 3. The first-order valence-electron chi connectivity index (χ1n) is 4.79. The first-order valence-corrected chi connectivity index (χ1v) is 4.79. The first kappa shape index (κ1) is 11.2. The van der Waals surface area contributed by atoms with Crippen LogP contribution >= 0.6 is 0 Å². The molecule has 1 saturated heterocycles. The van der Waals surface area contributed by atoms with Crippen LogP contribution in [0, 0.1) is 0 Å². The number of nitrogens with one attached hydrogen (secondary N) is 1. The van der Waals surface area contributed by atoms with Gasteiger partial charge in [-0.1, -0.05) is 0 Å². The highest BCUT2D eigenvalue weighted by Crippen LogP contribution is 2.13. The van der Waals surface area contributed by atoms with Crippen molar-refractivity contribution in [3.8, 4) is 0 Å². The molecule has 0 bridgehead atoms. The van der Waals surface area contributed by atoms with Crippen molar-refractivity contribution in [2.45, 2.75) is 25.1 Å². The van der Waals surface area contributed by atoms with Crippen molar-refractivity contribution in [2.75, 3.05) is 27.2 Å². The van der Waals surface area contributed by atoms with Gasteiger partial charge in [0.15, 0.2) is 0 Å². The number of hydrogen-bond donors (Lipinski definition) is 1. The van der Waals surface area contributed by atoms with E-state index in [1.807, 2.05) is 11.9 Å². The minimum atomic E-state index is -0.871. The number of halogens is 1. The molecule has 5 heteroatoms. The topological polar surface area (TPSA) is 41.6 Å². The maximum atomic E-state index is 13.3. The van der Waals surface area contributed by atoms with E-state index in [0.717, 1.165) is 13.0 Å². The van der Waals surface area contributed by atoms with Crippen LogP contribution in [0.25, 0.3) is 0 Å². The van der Waals surface area contributed by atoms with Crippen LogP contribution < -0.4 is 5.32 Å². The smallest absolute Gasteiger partial charge is 0.407 e. The highest BCUT2D eigenvalue weighted by Gasteiger charge is 2.23. The number of carbonyl (C=O) groups is 1. The third-order valence-electron chi connectivity index (χ3n) is 2.42. The van der Waals surface area contributed by atoms with Crippen LogP contribution in [0.4, 0.5) is 9.18 Å². The molecule has 1 aliphatic heterocycles. The SMILES string of the molecule is COC(=O)NC1CCN(C)CC(F)C1. The number of amides is 1. The number of rotatable bonds is 1. The maximum absolute atomic E-state index is 13.3. The number of alkyl carbamates (subject to hydrolysis) is 1. The molecule has 1 fully saturated rings. The summed E-state index contributed by atoms with van der Waals surface area (Å²) >= 11 is 0. The number of likely N-dealkylation sites (tertiary alicyclic amines) is 1. The van der Waals surface area contributed by atoms with Gasteiger partial charge in [-0.05, 0) is 20.0 Å². The van der Waals surface area contributed by atoms with Crippen LogP contribution in [0.5, 0.6) is 0 Å². The molecule has 0 radical (unpaired) electrons. The largest absolute Gasteiger partial charge is 0.453 e. The van der Waals surface area contributed by atoms with E-state index >= 15 is 0 Å². The molecular formula is C9H17FN2O2. The zero-order valence-electron chi connectivity index (χ0n) is 8.62. The Morgan fingerprint density at radius 3 is 3.00 bits per heavy atom. The average Bonchev–Trinajstić information content (AvgIpc) is 2.27. The summed E-state index contributed by atoms with van der Waals surface area (Å²) in [6.45, 7) is 1.24. The third kappa shape index (κ3) is 3.49. The van der Waals surface area contributed by atoms with Gasteiger partial charge in [-0.2, -0.15) is 0 Å². The van der Waals surface area contributed by atoms with Gasteiger partial charge >= 0.3 is 6.09 Å². The number of alkyl halides is 1. The summed E-state index contributed by atoms with van der Waals surface area (Å²) in [5.41, 5.74) is 0. The summed E-state index contributed by atoms with van der Waals surface area (Å²) in [6, 6.07) is -0.109. The van der Waals surface area contributed by atoms with Gasteiger partial charge in [-0.25, -0.2) is 9.18 Å². The van der Waals surface area contributed by atoms with Crippen molar-refractivity contribution in [3.63, 3.8) is 0 Å². The zero-order chi connectivity index (χ0) is 10.6. The first-order chi connectivity index (χ1) is 6.61. The maximum Gasteiger partial charge on any atom is 0.407 e. The predicted octanol–water partition coefficient (Wildman–Crippen LogP) is 0.775. The lowest BCUT2D eigenvalue weighted by atomic mass is 10.1. The predicted molar refractivity (Wildman–Crippen MR) is 51.0 cm³/mol. The van der Waals surface area contributed by atoms with Crippen LogP contribution in [0.1, 0.15) is 12.8 Å². The standard InChI is InChI=1S/C9H17FN2O2/c1-12-4-3-8(5-7(10)6-12)11-9(13)14-2/h7-8H,3-6H2,1-2H3,(H,11,13). The van der Waals surface area contributed by atoms with Gasteiger partial charge in [0.2, 0.25) is 0 Å². The Balaban J connectivity index is 2.41. The molecule has 82 valence electrons. The van der Waals surface area contributed by atoms with E-state index in [1.165, 1.54) is 7.11 Å².